The summed E-state index contributed by atoms with van der Waals surface area (Å²) < 4.78 is 11.2. The van der Waals surface area contributed by atoms with Crippen LogP contribution in [0.4, 0.5) is 0 Å². The number of hydrogen-bond acceptors (Lipinski definition) is 3. The molecule has 1 spiro atoms. The van der Waals surface area contributed by atoms with Gasteiger partial charge in [0.1, 0.15) is 0 Å². The van der Waals surface area contributed by atoms with Crippen LogP contribution in [0.2, 0.25) is 0 Å². The van der Waals surface area contributed by atoms with Crippen LogP contribution in [0.5, 0.6) is 0 Å². The molecule has 0 aromatic carbocycles. The van der Waals surface area contributed by atoms with E-state index >= 15 is 0 Å². The van der Waals surface area contributed by atoms with E-state index in [9.17, 15) is 4.79 Å². The van der Waals surface area contributed by atoms with Crippen LogP contribution in [0, 0.1) is 5.92 Å². The summed E-state index contributed by atoms with van der Waals surface area (Å²) in [6.07, 6.45) is 3.91. The highest BCUT2D eigenvalue weighted by Gasteiger charge is 2.41. The fourth-order valence-corrected chi connectivity index (χ4v) is 2.48. The van der Waals surface area contributed by atoms with Gasteiger partial charge in [0, 0.05) is 19.3 Å². The molecule has 80 valence electrons. The van der Waals surface area contributed by atoms with Crippen LogP contribution in [0.15, 0.2) is 0 Å². The average Bonchev–Trinajstić information content (AvgIpc) is 2.52. The Balaban J connectivity index is 1.93. The molecule has 1 N–H and O–H groups in total. The second-order valence-electron chi connectivity index (χ2n) is 4.17. The number of aliphatic carboxylic acids is 1. The normalized spacial score (nSPS) is 30.7. The highest BCUT2D eigenvalue weighted by Crippen LogP contribution is 2.39. The molecule has 4 nitrogen and oxygen atoms in total. The molecule has 0 radical (unpaired) electrons. The summed E-state index contributed by atoms with van der Waals surface area (Å²) >= 11 is 0. The average molecular weight is 200 g/mol. The van der Waals surface area contributed by atoms with Crippen molar-refractivity contribution in [3.8, 4) is 0 Å². The standard InChI is InChI=1S/C10H16O4/c11-9(12)6-8-2-1-3-10(7-8)13-4-5-14-10/h8H,1-7H2,(H,11,12)/t8-/m1/s1. The molecule has 0 aromatic heterocycles. The van der Waals surface area contributed by atoms with Gasteiger partial charge in [-0.3, -0.25) is 4.79 Å². The Kier molecular flexibility index (Phi) is 2.74. The Morgan fingerprint density at radius 2 is 2.14 bits per heavy atom. The summed E-state index contributed by atoms with van der Waals surface area (Å²) in [5.74, 6) is -0.928. The van der Waals surface area contributed by atoms with Crippen molar-refractivity contribution in [2.75, 3.05) is 13.2 Å². The summed E-state index contributed by atoms with van der Waals surface area (Å²) in [5, 5.41) is 8.72. The predicted octanol–water partition coefficient (Wildman–Crippen LogP) is 1.39. The topological polar surface area (TPSA) is 55.8 Å². The molecule has 1 atom stereocenters. The molecular weight excluding hydrogens is 184 g/mol. The Hall–Kier alpha value is -0.610. The minimum absolute atomic E-state index is 0.222. The molecule has 0 bridgehead atoms. The lowest BCUT2D eigenvalue weighted by Gasteiger charge is -2.35. The molecule has 1 aliphatic carbocycles. The van der Waals surface area contributed by atoms with Crippen LogP contribution in [-0.2, 0) is 14.3 Å². The van der Waals surface area contributed by atoms with E-state index in [0.29, 0.717) is 13.2 Å². The molecule has 1 saturated carbocycles. The van der Waals surface area contributed by atoms with Crippen molar-refractivity contribution in [1.82, 2.24) is 0 Å². The van der Waals surface area contributed by atoms with Gasteiger partial charge in [0.15, 0.2) is 5.79 Å². The van der Waals surface area contributed by atoms with Gasteiger partial charge in [-0.25, -0.2) is 0 Å². The first-order valence-corrected chi connectivity index (χ1v) is 5.20. The highest BCUT2D eigenvalue weighted by atomic mass is 16.7. The molecule has 2 fully saturated rings. The van der Waals surface area contributed by atoms with Crippen LogP contribution in [0.3, 0.4) is 0 Å². The van der Waals surface area contributed by atoms with E-state index in [1.807, 2.05) is 0 Å². The number of ether oxygens (including phenoxy) is 2. The molecule has 0 aromatic rings. The van der Waals surface area contributed by atoms with Crippen LogP contribution < -0.4 is 0 Å². The SMILES string of the molecule is O=C(O)C[C@H]1CCCC2(C1)OCCO2. The molecule has 14 heavy (non-hydrogen) atoms. The van der Waals surface area contributed by atoms with Gasteiger partial charge in [0.05, 0.1) is 13.2 Å². The van der Waals surface area contributed by atoms with Crippen molar-refractivity contribution >= 4 is 5.97 Å². The summed E-state index contributed by atoms with van der Waals surface area (Å²) in [4.78, 5) is 10.6. The highest BCUT2D eigenvalue weighted by molar-refractivity contribution is 5.67. The van der Waals surface area contributed by atoms with Crippen LogP contribution in [-0.4, -0.2) is 30.1 Å². The van der Waals surface area contributed by atoms with Crippen LogP contribution >= 0.6 is 0 Å². The monoisotopic (exact) mass is 200 g/mol. The number of rotatable bonds is 2. The third-order valence-electron chi connectivity index (χ3n) is 3.05. The second-order valence-corrected chi connectivity index (χ2v) is 4.17. The Labute approximate surface area is 83.2 Å². The van der Waals surface area contributed by atoms with Gasteiger partial charge in [-0.05, 0) is 18.8 Å². The van der Waals surface area contributed by atoms with Crippen LogP contribution in [0.25, 0.3) is 0 Å². The maximum Gasteiger partial charge on any atom is 0.303 e. The fourth-order valence-electron chi connectivity index (χ4n) is 2.48. The van der Waals surface area contributed by atoms with Crippen molar-refractivity contribution < 1.29 is 19.4 Å². The number of carbonyl (C=O) groups is 1. The first-order chi connectivity index (χ1) is 6.70. The van der Waals surface area contributed by atoms with E-state index < -0.39 is 11.8 Å². The number of carboxylic acid groups (broad SMARTS) is 1. The molecular formula is C10H16O4. The van der Waals surface area contributed by atoms with E-state index in [2.05, 4.69) is 0 Å². The maximum atomic E-state index is 10.6. The van der Waals surface area contributed by atoms with E-state index in [0.717, 1.165) is 25.7 Å². The zero-order valence-corrected chi connectivity index (χ0v) is 8.20. The molecule has 4 heteroatoms. The minimum atomic E-state index is -0.718. The van der Waals surface area contributed by atoms with E-state index in [1.165, 1.54) is 0 Å². The van der Waals surface area contributed by atoms with Gasteiger partial charge in [-0.1, -0.05) is 0 Å². The quantitative estimate of drug-likeness (QED) is 0.732. The number of hydrogen-bond donors (Lipinski definition) is 1. The smallest absolute Gasteiger partial charge is 0.303 e. The molecule has 2 aliphatic rings. The van der Waals surface area contributed by atoms with E-state index in [1.54, 1.807) is 0 Å². The van der Waals surface area contributed by atoms with Crippen molar-refractivity contribution in [2.45, 2.75) is 37.9 Å². The molecule has 0 amide bonds. The third-order valence-corrected chi connectivity index (χ3v) is 3.05. The third kappa shape index (κ3) is 2.07. The van der Waals surface area contributed by atoms with Gasteiger partial charge >= 0.3 is 5.97 Å². The summed E-state index contributed by atoms with van der Waals surface area (Å²) in [7, 11) is 0. The fraction of sp³-hybridized carbons (Fsp3) is 0.900. The molecule has 2 rings (SSSR count). The van der Waals surface area contributed by atoms with Crippen molar-refractivity contribution in [2.24, 2.45) is 5.92 Å². The lowest BCUT2D eigenvalue weighted by molar-refractivity contribution is -0.188. The molecule has 1 aliphatic heterocycles. The molecule has 0 unspecified atom stereocenters. The molecule has 1 saturated heterocycles. The Morgan fingerprint density at radius 1 is 1.43 bits per heavy atom. The lowest BCUT2D eigenvalue weighted by Crippen LogP contribution is -2.36. The lowest BCUT2D eigenvalue weighted by atomic mass is 9.83. The zero-order valence-electron chi connectivity index (χ0n) is 8.20. The van der Waals surface area contributed by atoms with Gasteiger partial charge < -0.3 is 14.6 Å². The summed E-state index contributed by atoms with van der Waals surface area (Å²) in [6, 6.07) is 0. The van der Waals surface area contributed by atoms with Crippen molar-refractivity contribution in [3.63, 3.8) is 0 Å². The van der Waals surface area contributed by atoms with Gasteiger partial charge in [-0.2, -0.15) is 0 Å². The van der Waals surface area contributed by atoms with Crippen molar-refractivity contribution in [3.05, 3.63) is 0 Å². The Morgan fingerprint density at radius 3 is 2.79 bits per heavy atom. The summed E-state index contributed by atoms with van der Waals surface area (Å²) in [6.45, 7) is 1.31. The number of carboxylic acids is 1. The summed E-state index contributed by atoms with van der Waals surface area (Å²) in [5.41, 5.74) is 0. The Bertz CT molecular complexity index is 220. The predicted molar refractivity (Wildman–Crippen MR) is 48.8 cm³/mol. The second kappa shape index (κ2) is 3.87. The maximum absolute atomic E-state index is 10.6. The van der Waals surface area contributed by atoms with Gasteiger partial charge in [-0.15, -0.1) is 0 Å². The van der Waals surface area contributed by atoms with Crippen molar-refractivity contribution in [1.29, 1.82) is 0 Å². The first kappa shape index (κ1) is 9.93. The van der Waals surface area contributed by atoms with Gasteiger partial charge in [0.25, 0.3) is 0 Å². The van der Waals surface area contributed by atoms with E-state index in [4.69, 9.17) is 14.6 Å². The molecule has 1 heterocycles. The van der Waals surface area contributed by atoms with Gasteiger partial charge in [0.2, 0.25) is 0 Å². The first-order valence-electron chi connectivity index (χ1n) is 5.20. The van der Waals surface area contributed by atoms with E-state index in [-0.39, 0.29) is 12.3 Å². The largest absolute Gasteiger partial charge is 0.481 e. The minimum Gasteiger partial charge on any atom is -0.481 e. The zero-order chi connectivity index (χ0) is 10.0. The van der Waals surface area contributed by atoms with Crippen LogP contribution in [0.1, 0.15) is 32.1 Å².